The highest BCUT2D eigenvalue weighted by Gasteiger charge is 2.23. The first-order valence-corrected chi connectivity index (χ1v) is 7.98. The summed E-state index contributed by atoms with van der Waals surface area (Å²) >= 11 is 0. The molecule has 0 radical (unpaired) electrons. The summed E-state index contributed by atoms with van der Waals surface area (Å²) in [5.41, 5.74) is 1.20. The lowest BCUT2D eigenvalue weighted by atomic mass is 10.1. The molecule has 6 heteroatoms. The fraction of sp³-hybridized carbons (Fsp3) is 0.462. The standard InChI is InChI=1S/C13H17NO4S/c1-10-5-6-12(18-19(2,16)17)11(9-10)13(15)14-7-3-4-8-14/h5-6,9H,3-4,7-8H2,1-2H3. The molecule has 104 valence electrons. The summed E-state index contributed by atoms with van der Waals surface area (Å²) in [5.74, 6) is -0.0650. The molecule has 0 N–H and O–H groups in total. The van der Waals surface area contributed by atoms with Crippen molar-refractivity contribution < 1.29 is 17.4 Å². The molecule has 2 rings (SSSR count). The van der Waals surface area contributed by atoms with Crippen molar-refractivity contribution in [3.8, 4) is 5.75 Å². The fourth-order valence-corrected chi connectivity index (χ4v) is 2.61. The van der Waals surface area contributed by atoms with Crippen LogP contribution < -0.4 is 4.18 Å². The molecule has 1 heterocycles. The number of rotatable bonds is 3. The third-order valence-corrected chi connectivity index (χ3v) is 3.48. The maximum absolute atomic E-state index is 12.4. The van der Waals surface area contributed by atoms with Crippen LogP contribution in [0.4, 0.5) is 0 Å². The van der Waals surface area contributed by atoms with E-state index >= 15 is 0 Å². The molecule has 0 aliphatic carbocycles. The minimum Gasteiger partial charge on any atom is -0.382 e. The molecule has 1 aromatic rings. The molecule has 0 spiro atoms. The van der Waals surface area contributed by atoms with Gasteiger partial charge in [0.25, 0.3) is 5.91 Å². The Bertz CT molecular complexity index is 589. The van der Waals surface area contributed by atoms with Crippen molar-refractivity contribution in [2.45, 2.75) is 19.8 Å². The van der Waals surface area contributed by atoms with Gasteiger partial charge in [0.2, 0.25) is 0 Å². The van der Waals surface area contributed by atoms with Crippen LogP contribution in [-0.4, -0.2) is 38.6 Å². The predicted molar refractivity (Wildman–Crippen MR) is 71.8 cm³/mol. The molecule has 1 aliphatic rings. The zero-order valence-electron chi connectivity index (χ0n) is 11.0. The molecule has 19 heavy (non-hydrogen) atoms. The molecule has 1 saturated heterocycles. The zero-order chi connectivity index (χ0) is 14.0. The second-order valence-corrected chi connectivity index (χ2v) is 6.36. The van der Waals surface area contributed by atoms with Crippen LogP contribution in [0.1, 0.15) is 28.8 Å². The normalized spacial score (nSPS) is 15.6. The van der Waals surface area contributed by atoms with Gasteiger partial charge < -0.3 is 9.08 Å². The van der Waals surface area contributed by atoms with Crippen molar-refractivity contribution in [1.82, 2.24) is 4.90 Å². The summed E-state index contributed by atoms with van der Waals surface area (Å²) in [6.45, 7) is 3.28. The van der Waals surface area contributed by atoms with Gasteiger partial charge in [-0.2, -0.15) is 8.42 Å². The van der Waals surface area contributed by atoms with E-state index in [0.29, 0.717) is 18.7 Å². The van der Waals surface area contributed by atoms with E-state index < -0.39 is 10.1 Å². The van der Waals surface area contributed by atoms with Crippen molar-refractivity contribution in [2.75, 3.05) is 19.3 Å². The van der Waals surface area contributed by atoms with Crippen LogP contribution in [-0.2, 0) is 10.1 Å². The number of amides is 1. The highest BCUT2D eigenvalue weighted by atomic mass is 32.2. The third-order valence-electron chi connectivity index (χ3n) is 3.00. The molecule has 0 aromatic heterocycles. The van der Waals surface area contributed by atoms with Gasteiger partial charge in [-0.1, -0.05) is 11.6 Å². The Morgan fingerprint density at radius 3 is 2.47 bits per heavy atom. The smallest absolute Gasteiger partial charge is 0.306 e. The first kappa shape index (κ1) is 13.9. The Morgan fingerprint density at radius 1 is 1.26 bits per heavy atom. The number of carbonyl (C=O) groups is 1. The molecular formula is C13H17NO4S. The highest BCUT2D eigenvalue weighted by Crippen LogP contribution is 2.24. The maximum atomic E-state index is 12.4. The van der Waals surface area contributed by atoms with E-state index in [4.69, 9.17) is 4.18 Å². The van der Waals surface area contributed by atoms with Crippen LogP contribution in [0.5, 0.6) is 5.75 Å². The topological polar surface area (TPSA) is 63.7 Å². The van der Waals surface area contributed by atoms with E-state index in [1.54, 1.807) is 17.0 Å². The van der Waals surface area contributed by atoms with Gasteiger partial charge in [-0.15, -0.1) is 0 Å². The quantitative estimate of drug-likeness (QED) is 0.790. The van der Waals surface area contributed by atoms with Crippen LogP contribution in [0.15, 0.2) is 18.2 Å². The van der Waals surface area contributed by atoms with Gasteiger partial charge in [0.05, 0.1) is 11.8 Å². The minimum absolute atomic E-state index is 0.102. The average molecular weight is 283 g/mol. The molecule has 0 saturated carbocycles. The van der Waals surface area contributed by atoms with E-state index in [0.717, 1.165) is 24.7 Å². The van der Waals surface area contributed by atoms with Crippen molar-refractivity contribution in [2.24, 2.45) is 0 Å². The molecule has 1 aliphatic heterocycles. The number of likely N-dealkylation sites (tertiary alicyclic amines) is 1. The fourth-order valence-electron chi connectivity index (χ4n) is 2.14. The van der Waals surface area contributed by atoms with Gasteiger partial charge >= 0.3 is 10.1 Å². The second-order valence-electron chi connectivity index (χ2n) is 4.79. The summed E-state index contributed by atoms with van der Waals surface area (Å²) in [7, 11) is -3.64. The highest BCUT2D eigenvalue weighted by molar-refractivity contribution is 7.86. The van der Waals surface area contributed by atoms with Crippen molar-refractivity contribution in [3.05, 3.63) is 29.3 Å². The van der Waals surface area contributed by atoms with Crippen LogP contribution in [0.3, 0.4) is 0 Å². The summed E-state index contributed by atoms with van der Waals surface area (Å²) in [6.07, 6.45) is 2.94. The molecule has 1 fully saturated rings. The summed E-state index contributed by atoms with van der Waals surface area (Å²) in [4.78, 5) is 14.1. The second kappa shape index (κ2) is 5.21. The molecule has 0 atom stereocenters. The van der Waals surface area contributed by atoms with E-state index in [-0.39, 0.29) is 11.7 Å². The lowest BCUT2D eigenvalue weighted by molar-refractivity contribution is 0.0791. The molecule has 0 bridgehead atoms. The first-order valence-electron chi connectivity index (χ1n) is 6.16. The van der Waals surface area contributed by atoms with Gasteiger partial charge in [0, 0.05) is 13.1 Å². The van der Waals surface area contributed by atoms with Gasteiger partial charge in [-0.05, 0) is 31.9 Å². The van der Waals surface area contributed by atoms with Crippen LogP contribution in [0.25, 0.3) is 0 Å². The van der Waals surface area contributed by atoms with Crippen molar-refractivity contribution in [1.29, 1.82) is 0 Å². The van der Waals surface area contributed by atoms with E-state index in [1.807, 2.05) is 6.92 Å². The molecule has 1 aromatic carbocycles. The first-order chi connectivity index (χ1) is 8.87. The van der Waals surface area contributed by atoms with Crippen molar-refractivity contribution >= 4 is 16.0 Å². The van der Waals surface area contributed by atoms with E-state index in [1.165, 1.54) is 6.07 Å². The van der Waals surface area contributed by atoms with Crippen molar-refractivity contribution in [3.63, 3.8) is 0 Å². The minimum atomic E-state index is -3.64. The monoisotopic (exact) mass is 283 g/mol. The Morgan fingerprint density at radius 2 is 1.89 bits per heavy atom. The number of nitrogens with zero attached hydrogens (tertiary/aromatic N) is 1. The van der Waals surface area contributed by atoms with E-state index in [2.05, 4.69) is 0 Å². The Hall–Kier alpha value is -1.56. The molecule has 5 nitrogen and oxygen atoms in total. The summed E-state index contributed by atoms with van der Waals surface area (Å²) in [6, 6.07) is 4.92. The summed E-state index contributed by atoms with van der Waals surface area (Å²) in [5, 5.41) is 0. The Balaban J connectivity index is 2.36. The predicted octanol–water partition coefficient (Wildman–Crippen LogP) is 1.57. The molecule has 0 unspecified atom stereocenters. The van der Waals surface area contributed by atoms with Crippen LogP contribution in [0.2, 0.25) is 0 Å². The zero-order valence-corrected chi connectivity index (χ0v) is 11.9. The molecular weight excluding hydrogens is 266 g/mol. The summed E-state index contributed by atoms with van der Waals surface area (Å²) < 4.78 is 27.4. The van der Waals surface area contributed by atoms with Gasteiger partial charge in [0.15, 0.2) is 5.75 Å². The van der Waals surface area contributed by atoms with Gasteiger partial charge in [-0.3, -0.25) is 4.79 Å². The Kier molecular flexibility index (Phi) is 3.80. The van der Waals surface area contributed by atoms with Gasteiger partial charge in [-0.25, -0.2) is 0 Å². The average Bonchev–Trinajstić information content (AvgIpc) is 2.82. The number of aryl methyl sites for hydroxylation is 1. The third kappa shape index (κ3) is 3.47. The lowest BCUT2D eigenvalue weighted by Gasteiger charge is -2.17. The van der Waals surface area contributed by atoms with Crippen LogP contribution >= 0.6 is 0 Å². The Labute approximate surface area is 113 Å². The number of hydrogen-bond donors (Lipinski definition) is 0. The van der Waals surface area contributed by atoms with Gasteiger partial charge in [0.1, 0.15) is 0 Å². The van der Waals surface area contributed by atoms with E-state index in [9.17, 15) is 13.2 Å². The molecule has 1 amide bonds. The van der Waals surface area contributed by atoms with Crippen LogP contribution in [0, 0.1) is 6.92 Å². The largest absolute Gasteiger partial charge is 0.382 e. The lowest BCUT2D eigenvalue weighted by Crippen LogP contribution is -2.28. The number of benzene rings is 1. The maximum Gasteiger partial charge on any atom is 0.306 e. The number of hydrogen-bond acceptors (Lipinski definition) is 4. The number of carbonyl (C=O) groups excluding carboxylic acids is 1. The SMILES string of the molecule is Cc1ccc(OS(C)(=O)=O)c(C(=O)N2CCCC2)c1.